The predicted octanol–water partition coefficient (Wildman–Crippen LogP) is 2.07. The third-order valence-corrected chi connectivity index (χ3v) is 1.89. The van der Waals surface area contributed by atoms with E-state index >= 15 is 0 Å². The molecule has 0 saturated heterocycles. The maximum Gasteiger partial charge on any atom is 0.156 e. The van der Waals surface area contributed by atoms with Crippen molar-refractivity contribution in [3.05, 3.63) is 23.7 Å². The maximum absolute atomic E-state index is 4.33. The molecule has 0 aliphatic heterocycles. The lowest BCUT2D eigenvalue weighted by atomic mass is 10.3. The van der Waals surface area contributed by atoms with Crippen LogP contribution in [0.15, 0.2) is 12.3 Å². The number of nitrogens with one attached hydrogen (secondary N) is 1. The highest BCUT2D eigenvalue weighted by atomic mass is 14.9. The third-order valence-electron chi connectivity index (χ3n) is 1.89. The van der Waals surface area contributed by atoms with E-state index in [0.29, 0.717) is 0 Å². The van der Waals surface area contributed by atoms with Crippen molar-refractivity contribution in [3.8, 4) is 0 Å². The summed E-state index contributed by atoms with van der Waals surface area (Å²) in [7, 11) is 0. The number of hydrogen-bond acceptors (Lipinski definition) is 2. The molecule has 3 heteroatoms. The summed E-state index contributed by atoms with van der Waals surface area (Å²) >= 11 is 0. The second-order valence-electron chi connectivity index (χ2n) is 2.89. The number of aromatic amines is 1. The number of hydrogen-bond donors (Lipinski definition) is 1. The summed E-state index contributed by atoms with van der Waals surface area (Å²) in [6.45, 7) is 4.05. The smallest absolute Gasteiger partial charge is 0.156 e. The summed E-state index contributed by atoms with van der Waals surface area (Å²) in [6.07, 6.45) is 2.78. The first-order valence-electron chi connectivity index (χ1n) is 4.11. The van der Waals surface area contributed by atoms with Crippen LogP contribution >= 0.6 is 0 Å². The summed E-state index contributed by atoms with van der Waals surface area (Å²) in [6, 6.07) is 2.04. The highest BCUT2D eigenvalue weighted by molar-refractivity contribution is 5.71. The van der Waals surface area contributed by atoms with Crippen molar-refractivity contribution >= 4 is 11.2 Å². The molecule has 64 valence electrons. The third kappa shape index (κ3) is 1.07. The molecule has 0 radical (unpaired) electrons. The topological polar surface area (TPSA) is 41.6 Å². The van der Waals surface area contributed by atoms with E-state index in [1.807, 2.05) is 13.0 Å². The number of H-pyrrole nitrogens is 1. The van der Waals surface area contributed by atoms with Crippen molar-refractivity contribution in [2.75, 3.05) is 0 Å². The minimum absolute atomic E-state index is 0. The lowest BCUT2D eigenvalue weighted by molar-refractivity contribution is 1.06. The van der Waals surface area contributed by atoms with Gasteiger partial charge in [0.05, 0.1) is 5.69 Å². The minimum Gasteiger partial charge on any atom is -0.342 e. The van der Waals surface area contributed by atoms with Crippen molar-refractivity contribution in [2.45, 2.75) is 20.3 Å². The molecule has 0 atom stereocenters. The molecule has 0 spiro atoms. The lowest BCUT2D eigenvalue weighted by Crippen LogP contribution is -1.84. The molecule has 12 heavy (non-hydrogen) atoms. The van der Waals surface area contributed by atoms with Crippen LogP contribution in [0.25, 0.3) is 11.2 Å². The quantitative estimate of drug-likeness (QED) is 0.699. The summed E-state index contributed by atoms with van der Waals surface area (Å²) in [4.78, 5) is 11.8. The summed E-state index contributed by atoms with van der Waals surface area (Å²) in [5.41, 5.74) is 3.99. The van der Waals surface area contributed by atoms with Gasteiger partial charge in [-0.1, -0.05) is 6.92 Å². The summed E-state index contributed by atoms with van der Waals surface area (Å²) in [5, 5.41) is 0. The fourth-order valence-corrected chi connectivity index (χ4v) is 1.23. The lowest BCUT2D eigenvalue weighted by Gasteiger charge is -1.89. The Morgan fingerprint density at radius 2 is 2.42 bits per heavy atom. The number of aromatic nitrogens is 3. The number of rotatable bonds is 1. The van der Waals surface area contributed by atoms with Crippen molar-refractivity contribution in [2.24, 2.45) is 0 Å². The Kier molecular flexibility index (Phi) is 1.57. The van der Waals surface area contributed by atoms with E-state index in [9.17, 15) is 0 Å². The van der Waals surface area contributed by atoms with Crippen LogP contribution in [0, 0.1) is 6.92 Å². The van der Waals surface area contributed by atoms with E-state index in [1.165, 1.54) is 5.69 Å². The van der Waals surface area contributed by atoms with Crippen LogP contribution in [0.5, 0.6) is 0 Å². The highest BCUT2D eigenvalue weighted by Gasteiger charge is 2.00. The monoisotopic (exact) mass is 163 g/mol. The molecule has 2 aromatic heterocycles. The van der Waals surface area contributed by atoms with Crippen LogP contribution in [0.2, 0.25) is 0 Å². The van der Waals surface area contributed by atoms with E-state index in [-0.39, 0.29) is 1.43 Å². The number of aryl methyl sites for hydroxylation is 2. The molecule has 2 rings (SSSR count). The van der Waals surface area contributed by atoms with E-state index in [4.69, 9.17) is 0 Å². The van der Waals surface area contributed by atoms with Crippen molar-refractivity contribution < 1.29 is 1.43 Å². The Bertz CT molecular complexity index is 408. The van der Waals surface area contributed by atoms with Gasteiger partial charge in [0.2, 0.25) is 0 Å². The molecule has 1 N–H and O–H groups in total. The molecule has 0 unspecified atom stereocenters. The van der Waals surface area contributed by atoms with Gasteiger partial charge in [0, 0.05) is 13.3 Å². The zero-order chi connectivity index (χ0) is 8.55. The summed E-state index contributed by atoms with van der Waals surface area (Å²) < 4.78 is 0. The second-order valence-corrected chi connectivity index (χ2v) is 2.89. The van der Waals surface area contributed by atoms with Crippen LogP contribution in [-0.2, 0) is 6.42 Å². The van der Waals surface area contributed by atoms with Crippen LogP contribution in [0.3, 0.4) is 0 Å². The van der Waals surface area contributed by atoms with E-state index in [0.717, 1.165) is 23.3 Å². The normalized spacial score (nSPS) is 10.8. The minimum atomic E-state index is 0. The van der Waals surface area contributed by atoms with E-state index < -0.39 is 0 Å². The van der Waals surface area contributed by atoms with Crippen LogP contribution in [-0.4, -0.2) is 15.0 Å². The van der Waals surface area contributed by atoms with E-state index in [1.54, 1.807) is 6.20 Å². The SMILES string of the molecule is CCc1cc2ncc(C)nc2[nH]1.[HH]. The molecule has 3 nitrogen and oxygen atoms in total. The molecule has 0 aromatic carbocycles. The fourth-order valence-electron chi connectivity index (χ4n) is 1.23. The zero-order valence-electron chi connectivity index (χ0n) is 7.26. The molecule has 0 bridgehead atoms. The van der Waals surface area contributed by atoms with Crippen molar-refractivity contribution in [1.29, 1.82) is 0 Å². The van der Waals surface area contributed by atoms with Gasteiger partial charge >= 0.3 is 0 Å². The van der Waals surface area contributed by atoms with Crippen LogP contribution in [0.4, 0.5) is 0 Å². The Morgan fingerprint density at radius 3 is 3.17 bits per heavy atom. The van der Waals surface area contributed by atoms with Gasteiger partial charge in [-0.25, -0.2) is 4.98 Å². The van der Waals surface area contributed by atoms with Gasteiger partial charge in [-0.05, 0) is 19.4 Å². The van der Waals surface area contributed by atoms with Crippen molar-refractivity contribution in [3.63, 3.8) is 0 Å². The molecule has 2 aromatic rings. The Hall–Kier alpha value is -1.38. The predicted molar refractivity (Wildman–Crippen MR) is 50.1 cm³/mol. The average molecular weight is 163 g/mol. The molecule has 0 saturated carbocycles. The van der Waals surface area contributed by atoms with E-state index in [2.05, 4.69) is 21.9 Å². The average Bonchev–Trinajstić information content (AvgIpc) is 2.46. The molecule has 2 heterocycles. The second kappa shape index (κ2) is 2.59. The molecule has 0 fully saturated rings. The Morgan fingerprint density at radius 1 is 1.58 bits per heavy atom. The van der Waals surface area contributed by atoms with Crippen molar-refractivity contribution in [1.82, 2.24) is 15.0 Å². The van der Waals surface area contributed by atoms with Gasteiger partial charge < -0.3 is 4.98 Å². The first kappa shape index (κ1) is 7.28. The van der Waals surface area contributed by atoms with Gasteiger partial charge in [-0.15, -0.1) is 0 Å². The Balaban J connectivity index is 0.000000845. The van der Waals surface area contributed by atoms with Gasteiger partial charge in [-0.3, -0.25) is 4.98 Å². The zero-order valence-corrected chi connectivity index (χ0v) is 7.26. The van der Waals surface area contributed by atoms with Gasteiger partial charge in [0.15, 0.2) is 5.65 Å². The molecular weight excluding hydrogens is 150 g/mol. The fraction of sp³-hybridized carbons (Fsp3) is 0.333. The first-order chi connectivity index (χ1) is 5.79. The van der Waals surface area contributed by atoms with Crippen LogP contribution in [0.1, 0.15) is 19.7 Å². The van der Waals surface area contributed by atoms with Gasteiger partial charge in [-0.2, -0.15) is 0 Å². The maximum atomic E-state index is 4.33. The standard InChI is InChI=1S/C9H11N3.H2/c1-3-7-4-8-9(12-7)11-6(2)5-10-8;/h4-5H,3H2,1-2H3,(H,11,12);1H. The highest BCUT2D eigenvalue weighted by Crippen LogP contribution is 2.10. The Labute approximate surface area is 72.3 Å². The molecule has 0 aliphatic carbocycles. The molecule has 0 amide bonds. The number of fused-ring (bicyclic) bond motifs is 1. The first-order valence-corrected chi connectivity index (χ1v) is 4.11. The van der Waals surface area contributed by atoms with Crippen LogP contribution < -0.4 is 0 Å². The molecule has 0 aliphatic rings. The number of nitrogens with zero attached hydrogens (tertiary/aromatic N) is 2. The molecular formula is C9H13N3. The largest absolute Gasteiger partial charge is 0.342 e. The van der Waals surface area contributed by atoms with Gasteiger partial charge in [0.25, 0.3) is 0 Å². The van der Waals surface area contributed by atoms with Gasteiger partial charge in [0.1, 0.15) is 5.52 Å². The summed E-state index contributed by atoms with van der Waals surface area (Å²) in [5.74, 6) is 0.